The van der Waals surface area contributed by atoms with Gasteiger partial charge in [0.1, 0.15) is 6.04 Å². The Bertz CT molecular complexity index is 246. The van der Waals surface area contributed by atoms with Crippen molar-refractivity contribution in [2.45, 2.75) is 12.5 Å². The number of carboxylic acid groups (broad SMARTS) is 1. The molecule has 0 radical (unpaired) electrons. The number of carbonyl (C=O) groups is 1. The van der Waals surface area contributed by atoms with Gasteiger partial charge in [-0.15, -0.1) is 11.3 Å². The van der Waals surface area contributed by atoms with E-state index in [0.717, 1.165) is 4.88 Å². The molecule has 1 aromatic heterocycles. The van der Waals surface area contributed by atoms with Crippen LogP contribution in [0, 0.1) is 0 Å². The molecule has 0 amide bonds. The number of hydrogen-bond acceptors (Lipinski definition) is 3. The second-order valence-electron chi connectivity index (χ2n) is 2.46. The maximum absolute atomic E-state index is 10.6. The first kappa shape index (κ1) is 9.22. The first-order valence-corrected chi connectivity index (χ1v) is 4.54. The summed E-state index contributed by atoms with van der Waals surface area (Å²) < 4.78 is 0. The van der Waals surface area contributed by atoms with Crippen molar-refractivity contribution in [1.82, 2.24) is 5.32 Å². The lowest BCUT2D eigenvalue weighted by Gasteiger charge is -2.08. The Labute approximate surface area is 75.0 Å². The molecule has 1 aromatic rings. The maximum atomic E-state index is 10.6. The van der Waals surface area contributed by atoms with Crippen molar-refractivity contribution < 1.29 is 9.90 Å². The molecule has 0 aliphatic heterocycles. The zero-order valence-corrected chi connectivity index (χ0v) is 7.60. The molecule has 0 spiro atoms. The van der Waals surface area contributed by atoms with E-state index in [1.54, 1.807) is 18.4 Å². The minimum atomic E-state index is -0.800. The molecule has 0 bridgehead atoms. The fourth-order valence-corrected chi connectivity index (χ4v) is 1.69. The summed E-state index contributed by atoms with van der Waals surface area (Å²) >= 11 is 1.58. The number of thiophene rings is 1. The van der Waals surface area contributed by atoms with Crippen molar-refractivity contribution in [3.63, 3.8) is 0 Å². The van der Waals surface area contributed by atoms with E-state index in [0.29, 0.717) is 6.42 Å². The Balaban J connectivity index is 2.54. The van der Waals surface area contributed by atoms with Crippen LogP contribution in [-0.2, 0) is 11.2 Å². The van der Waals surface area contributed by atoms with Gasteiger partial charge in [-0.1, -0.05) is 6.07 Å². The number of rotatable bonds is 4. The lowest BCUT2D eigenvalue weighted by molar-refractivity contribution is -0.139. The highest BCUT2D eigenvalue weighted by Crippen LogP contribution is 2.10. The van der Waals surface area contributed by atoms with E-state index in [9.17, 15) is 4.79 Å². The molecule has 1 heterocycles. The lowest BCUT2D eigenvalue weighted by atomic mass is 10.2. The Morgan fingerprint density at radius 2 is 2.58 bits per heavy atom. The molecule has 12 heavy (non-hydrogen) atoms. The topological polar surface area (TPSA) is 49.3 Å². The summed E-state index contributed by atoms with van der Waals surface area (Å²) in [6.45, 7) is 0. The highest BCUT2D eigenvalue weighted by atomic mass is 32.1. The summed E-state index contributed by atoms with van der Waals surface area (Å²) in [5.74, 6) is -0.800. The van der Waals surface area contributed by atoms with Gasteiger partial charge in [-0.2, -0.15) is 0 Å². The molecule has 1 rings (SSSR count). The van der Waals surface area contributed by atoms with Gasteiger partial charge in [0.15, 0.2) is 0 Å². The number of likely N-dealkylation sites (N-methyl/N-ethyl adjacent to an activating group) is 1. The smallest absolute Gasteiger partial charge is 0.321 e. The molecule has 0 fully saturated rings. The monoisotopic (exact) mass is 185 g/mol. The van der Waals surface area contributed by atoms with Gasteiger partial charge in [-0.3, -0.25) is 4.79 Å². The average molecular weight is 185 g/mol. The molecular weight excluding hydrogens is 174 g/mol. The van der Waals surface area contributed by atoms with Crippen molar-refractivity contribution in [2.24, 2.45) is 0 Å². The van der Waals surface area contributed by atoms with Crippen molar-refractivity contribution in [1.29, 1.82) is 0 Å². The summed E-state index contributed by atoms with van der Waals surface area (Å²) in [6, 6.07) is 3.40. The van der Waals surface area contributed by atoms with Crippen LogP contribution >= 0.6 is 11.3 Å². The minimum Gasteiger partial charge on any atom is -0.480 e. The average Bonchev–Trinajstić information content (AvgIpc) is 2.51. The number of carboxylic acids is 1. The standard InChI is InChI=1S/C8H11NO2S/c1-9-7(8(10)11)5-6-3-2-4-12-6/h2-4,7,9H,5H2,1H3,(H,10,11)/t7-/m0/s1. The molecular formula is C8H11NO2S. The van der Waals surface area contributed by atoms with Crippen LogP contribution in [-0.4, -0.2) is 24.2 Å². The molecule has 0 unspecified atom stereocenters. The molecule has 0 saturated carbocycles. The molecule has 2 N–H and O–H groups in total. The first-order valence-electron chi connectivity index (χ1n) is 3.66. The molecule has 66 valence electrons. The number of hydrogen-bond donors (Lipinski definition) is 2. The Morgan fingerprint density at radius 3 is 3.00 bits per heavy atom. The third-order valence-corrected chi connectivity index (χ3v) is 2.53. The number of aliphatic carboxylic acids is 1. The van der Waals surface area contributed by atoms with Crippen LogP contribution in [0.5, 0.6) is 0 Å². The van der Waals surface area contributed by atoms with Gasteiger partial charge in [0, 0.05) is 11.3 Å². The fraction of sp³-hybridized carbons (Fsp3) is 0.375. The van der Waals surface area contributed by atoms with Gasteiger partial charge in [-0.05, 0) is 18.5 Å². The van der Waals surface area contributed by atoms with Crippen LogP contribution < -0.4 is 5.32 Å². The third-order valence-electron chi connectivity index (χ3n) is 1.63. The SMILES string of the molecule is CN[C@@H](Cc1cccs1)C(=O)O. The minimum absolute atomic E-state index is 0.469. The van der Waals surface area contributed by atoms with Crippen LogP contribution in [0.2, 0.25) is 0 Å². The van der Waals surface area contributed by atoms with E-state index in [1.807, 2.05) is 17.5 Å². The Kier molecular flexibility index (Phi) is 3.25. The Hall–Kier alpha value is -0.870. The zero-order chi connectivity index (χ0) is 8.97. The normalized spacial score (nSPS) is 12.8. The van der Waals surface area contributed by atoms with Gasteiger partial charge in [0.25, 0.3) is 0 Å². The van der Waals surface area contributed by atoms with Crippen molar-refractivity contribution in [3.8, 4) is 0 Å². The molecule has 0 saturated heterocycles. The highest BCUT2D eigenvalue weighted by molar-refractivity contribution is 7.09. The number of nitrogens with one attached hydrogen (secondary N) is 1. The molecule has 0 aliphatic carbocycles. The molecule has 4 heteroatoms. The van der Waals surface area contributed by atoms with Crippen LogP contribution in [0.1, 0.15) is 4.88 Å². The van der Waals surface area contributed by atoms with Gasteiger partial charge in [0.05, 0.1) is 0 Å². The van der Waals surface area contributed by atoms with E-state index in [-0.39, 0.29) is 0 Å². The van der Waals surface area contributed by atoms with E-state index >= 15 is 0 Å². The van der Waals surface area contributed by atoms with Crippen LogP contribution in [0.4, 0.5) is 0 Å². The quantitative estimate of drug-likeness (QED) is 0.734. The van der Waals surface area contributed by atoms with Crippen molar-refractivity contribution in [3.05, 3.63) is 22.4 Å². The van der Waals surface area contributed by atoms with Gasteiger partial charge < -0.3 is 10.4 Å². The maximum Gasteiger partial charge on any atom is 0.321 e. The molecule has 0 aromatic carbocycles. The highest BCUT2D eigenvalue weighted by Gasteiger charge is 2.15. The van der Waals surface area contributed by atoms with E-state index in [2.05, 4.69) is 5.32 Å². The van der Waals surface area contributed by atoms with Crippen molar-refractivity contribution in [2.75, 3.05) is 7.05 Å². The van der Waals surface area contributed by atoms with E-state index in [1.165, 1.54) is 0 Å². The second-order valence-corrected chi connectivity index (χ2v) is 3.50. The fourth-order valence-electron chi connectivity index (χ4n) is 0.943. The summed E-state index contributed by atoms with van der Waals surface area (Å²) in [4.78, 5) is 11.7. The molecule has 0 aliphatic rings. The Morgan fingerprint density at radius 1 is 1.83 bits per heavy atom. The van der Waals surface area contributed by atoms with Crippen LogP contribution in [0.25, 0.3) is 0 Å². The van der Waals surface area contributed by atoms with Gasteiger partial charge in [-0.25, -0.2) is 0 Å². The lowest BCUT2D eigenvalue weighted by Crippen LogP contribution is -2.35. The molecule has 1 atom stereocenters. The summed E-state index contributed by atoms with van der Waals surface area (Å²) in [5.41, 5.74) is 0. The molecule has 3 nitrogen and oxygen atoms in total. The first-order chi connectivity index (χ1) is 5.74. The van der Waals surface area contributed by atoms with Crippen LogP contribution in [0.15, 0.2) is 17.5 Å². The van der Waals surface area contributed by atoms with E-state index < -0.39 is 12.0 Å². The largest absolute Gasteiger partial charge is 0.480 e. The van der Waals surface area contributed by atoms with Crippen LogP contribution in [0.3, 0.4) is 0 Å². The van der Waals surface area contributed by atoms with Crippen molar-refractivity contribution >= 4 is 17.3 Å². The predicted octanol–water partition coefficient (Wildman–Crippen LogP) is 0.963. The van der Waals surface area contributed by atoms with Gasteiger partial charge >= 0.3 is 5.97 Å². The zero-order valence-electron chi connectivity index (χ0n) is 6.78. The van der Waals surface area contributed by atoms with E-state index in [4.69, 9.17) is 5.11 Å². The summed E-state index contributed by atoms with van der Waals surface area (Å²) in [6.07, 6.45) is 0.559. The summed E-state index contributed by atoms with van der Waals surface area (Å²) in [7, 11) is 1.66. The van der Waals surface area contributed by atoms with Gasteiger partial charge in [0.2, 0.25) is 0 Å². The third kappa shape index (κ3) is 2.32. The predicted molar refractivity (Wildman–Crippen MR) is 48.5 cm³/mol. The summed E-state index contributed by atoms with van der Waals surface area (Å²) in [5, 5.41) is 13.4. The second kappa shape index (κ2) is 4.23.